The van der Waals surface area contributed by atoms with Crippen LogP contribution in [-0.4, -0.2) is 163 Å². The lowest BCUT2D eigenvalue weighted by molar-refractivity contribution is -0.176. The molecular formula is C60H86N10O12. The topological polar surface area (TPSA) is 274 Å². The zero-order chi connectivity index (χ0) is 60.9. The Bertz CT molecular complexity index is 2620. The van der Waals surface area contributed by atoms with E-state index in [0.29, 0.717) is 35.6 Å². The number of hydrogen-bond donors (Lipinski definition) is 2. The van der Waals surface area contributed by atoms with E-state index in [9.17, 15) is 38.4 Å². The van der Waals surface area contributed by atoms with Crippen LogP contribution in [0.5, 0.6) is 0 Å². The number of anilines is 2. The molecule has 5 rings (SSSR count). The molecule has 4 amide bonds. The maximum absolute atomic E-state index is 15.0. The van der Waals surface area contributed by atoms with Gasteiger partial charge in [-0.15, -0.1) is 0 Å². The molecule has 1 aliphatic rings. The molecule has 0 saturated carbocycles. The van der Waals surface area contributed by atoms with Crippen LogP contribution in [0, 0.1) is 23.7 Å². The zero-order valence-corrected chi connectivity index (χ0v) is 50.1. The summed E-state index contributed by atoms with van der Waals surface area (Å²) in [6, 6.07) is 9.24. The first-order valence-electron chi connectivity index (χ1n) is 28.1. The van der Waals surface area contributed by atoms with Gasteiger partial charge < -0.3 is 50.0 Å². The summed E-state index contributed by atoms with van der Waals surface area (Å²) in [4.78, 5) is 122. The van der Waals surface area contributed by atoms with Gasteiger partial charge in [0, 0.05) is 53.4 Å². The van der Waals surface area contributed by atoms with Crippen LogP contribution in [0.2, 0.25) is 0 Å². The minimum Gasteiger partial charge on any atom is -0.451 e. The number of nitrogens with two attached hydrogens (primary N) is 2. The lowest BCUT2D eigenvalue weighted by atomic mass is 9.99. The number of benzene rings is 2. The van der Waals surface area contributed by atoms with E-state index in [1.54, 1.807) is 46.0 Å². The predicted octanol–water partition coefficient (Wildman–Crippen LogP) is 5.32. The van der Waals surface area contributed by atoms with Crippen LogP contribution < -0.4 is 11.5 Å². The van der Waals surface area contributed by atoms with Crippen LogP contribution in [0.1, 0.15) is 117 Å². The minimum absolute atomic E-state index is 0.0708. The summed E-state index contributed by atoms with van der Waals surface area (Å²) >= 11 is 0. The van der Waals surface area contributed by atoms with Crippen LogP contribution >= 0.6 is 0 Å². The van der Waals surface area contributed by atoms with Crippen LogP contribution in [-0.2, 0) is 83.2 Å². The van der Waals surface area contributed by atoms with Gasteiger partial charge in [0.25, 0.3) is 23.6 Å². The maximum Gasteiger partial charge on any atom is 0.329 e. The van der Waals surface area contributed by atoms with Crippen LogP contribution in [0.15, 0.2) is 73.3 Å². The highest BCUT2D eigenvalue weighted by Gasteiger charge is 2.43. The molecule has 2 aromatic heterocycles. The Morgan fingerprint density at radius 3 is 0.927 bits per heavy atom. The number of aromatic nitrogens is 4. The molecule has 22 nitrogen and oxygen atoms in total. The number of hydrogen-bond acceptors (Lipinski definition) is 16. The highest BCUT2D eigenvalue weighted by Crippen LogP contribution is 2.25. The minimum atomic E-state index is -1.55. The Balaban J connectivity index is 1.59. The van der Waals surface area contributed by atoms with E-state index in [1.807, 2.05) is 79.7 Å². The monoisotopic (exact) mass is 1140 g/mol. The van der Waals surface area contributed by atoms with Crippen molar-refractivity contribution in [1.29, 1.82) is 0 Å². The number of carbonyl (C=O) groups is 8. The Hall–Kier alpha value is -7.78. The number of ether oxygens (including phenoxy) is 4. The van der Waals surface area contributed by atoms with Gasteiger partial charge in [0.1, 0.15) is 24.2 Å². The van der Waals surface area contributed by atoms with Crippen molar-refractivity contribution in [1.82, 2.24) is 39.2 Å². The molecule has 22 heteroatoms. The number of nitrogens with zero attached hydrogens (tertiary/aromatic N) is 8. The Morgan fingerprint density at radius 1 is 0.415 bits per heavy atom. The summed E-state index contributed by atoms with van der Waals surface area (Å²) in [7, 11) is 5.53. The van der Waals surface area contributed by atoms with Crippen molar-refractivity contribution in [3.8, 4) is 0 Å². The third kappa shape index (κ3) is 18.1. The number of likely N-dealkylation sites (N-methyl/N-ethyl adjacent to an activating group) is 4. The molecule has 1 fully saturated rings. The molecule has 0 aliphatic carbocycles. The van der Waals surface area contributed by atoms with E-state index in [0.717, 1.165) is 30.7 Å². The van der Waals surface area contributed by atoms with Crippen LogP contribution in [0.4, 0.5) is 11.4 Å². The number of carbonyl (C=O) groups excluding carboxylic acids is 8. The third-order valence-corrected chi connectivity index (χ3v) is 14.4. The highest BCUT2D eigenvalue weighted by atomic mass is 16.6. The third-order valence-electron chi connectivity index (χ3n) is 14.4. The summed E-state index contributed by atoms with van der Waals surface area (Å²) in [6.07, 6.45) is 0.335. The quantitative estimate of drug-likeness (QED) is 0.106. The molecule has 0 bridgehead atoms. The van der Waals surface area contributed by atoms with Crippen molar-refractivity contribution in [3.63, 3.8) is 0 Å². The second-order valence-electron chi connectivity index (χ2n) is 23.4. The van der Waals surface area contributed by atoms with Crippen molar-refractivity contribution in [3.05, 3.63) is 95.6 Å². The zero-order valence-electron chi connectivity index (χ0n) is 50.1. The Morgan fingerprint density at radius 2 is 0.671 bits per heavy atom. The molecular weight excluding hydrogens is 1050 g/mol. The lowest BCUT2D eigenvalue weighted by Crippen LogP contribution is -2.55. The average molecular weight is 1140 g/mol. The fourth-order valence-corrected chi connectivity index (χ4v) is 9.78. The van der Waals surface area contributed by atoms with Crippen molar-refractivity contribution >= 4 is 58.9 Å². The van der Waals surface area contributed by atoms with Crippen molar-refractivity contribution < 1.29 is 57.3 Å². The predicted molar refractivity (Wildman–Crippen MR) is 307 cm³/mol. The Labute approximate surface area is 482 Å². The first-order valence-corrected chi connectivity index (χ1v) is 28.1. The van der Waals surface area contributed by atoms with E-state index in [1.165, 1.54) is 54.4 Å². The molecule has 2 aromatic carbocycles. The molecule has 1 aliphatic heterocycles. The molecule has 8 atom stereocenters. The van der Waals surface area contributed by atoms with E-state index < -0.39 is 96.1 Å². The van der Waals surface area contributed by atoms with E-state index in [2.05, 4.69) is 10.2 Å². The lowest BCUT2D eigenvalue weighted by Gasteiger charge is -2.35. The normalized spacial score (nSPS) is 23.0. The van der Waals surface area contributed by atoms with Gasteiger partial charge >= 0.3 is 23.9 Å². The smallest absolute Gasteiger partial charge is 0.329 e. The van der Waals surface area contributed by atoms with Gasteiger partial charge in [0.15, 0.2) is 24.4 Å². The van der Waals surface area contributed by atoms with Gasteiger partial charge in [-0.3, -0.25) is 28.5 Å². The SMILES string of the molecule is CC(C)C[C@H]1C(=O)O[C@H](Cc2ccc(Cn3cc(N)cn3)cc2)C(=O)N(C)[C@@H](CC(C)C)C(=O)O[C@H](C)C(=O)N(C)[C@@H](CC(C)C)C(=O)O[C@H](Cc2ccc(Cn3cc(N)cn3)cc2)C(=O)N(C)[C@@H](CC(C)C)C(=O)O[C@H](C)C(=O)N1C. The molecule has 448 valence electrons. The van der Waals surface area contributed by atoms with Crippen molar-refractivity contribution in [2.75, 3.05) is 39.7 Å². The number of cyclic esters (lactones) is 4. The van der Waals surface area contributed by atoms with Gasteiger partial charge in [-0.05, 0) is 85.5 Å². The van der Waals surface area contributed by atoms with Gasteiger partial charge in [0.2, 0.25) is 0 Å². The van der Waals surface area contributed by atoms with Crippen molar-refractivity contribution in [2.45, 2.75) is 169 Å². The molecule has 82 heavy (non-hydrogen) atoms. The molecule has 3 heterocycles. The summed E-state index contributed by atoms with van der Waals surface area (Å²) in [6.45, 7) is 18.3. The second-order valence-corrected chi connectivity index (χ2v) is 23.4. The van der Waals surface area contributed by atoms with Gasteiger partial charge in [-0.25, -0.2) is 19.2 Å². The van der Waals surface area contributed by atoms with E-state index in [-0.39, 0.29) is 62.2 Å². The largest absolute Gasteiger partial charge is 0.451 e. The van der Waals surface area contributed by atoms with Gasteiger partial charge in [-0.1, -0.05) is 104 Å². The average Bonchev–Trinajstić information content (AvgIpc) is 4.03. The fourth-order valence-electron chi connectivity index (χ4n) is 9.78. The Kier molecular flexibility index (Phi) is 23.2. The molecule has 0 spiro atoms. The number of nitrogen functional groups attached to an aromatic ring is 2. The summed E-state index contributed by atoms with van der Waals surface area (Å²) < 4.78 is 27.5. The summed E-state index contributed by atoms with van der Waals surface area (Å²) in [5.74, 6) is -7.58. The number of amides is 4. The molecule has 0 radical (unpaired) electrons. The molecule has 1 saturated heterocycles. The maximum atomic E-state index is 15.0. The first kappa shape index (κ1) is 65.0. The van der Waals surface area contributed by atoms with Crippen molar-refractivity contribution in [2.24, 2.45) is 23.7 Å². The molecule has 4 aromatic rings. The fraction of sp³-hybridized carbons (Fsp3) is 0.567. The van der Waals surface area contributed by atoms with Gasteiger partial charge in [-0.2, -0.15) is 10.2 Å². The molecule has 4 N–H and O–H groups in total. The first-order chi connectivity index (χ1) is 38.5. The van der Waals surface area contributed by atoms with E-state index >= 15 is 0 Å². The second kappa shape index (κ2) is 29.3. The van der Waals surface area contributed by atoms with Gasteiger partial charge in [0.05, 0.1) is 36.9 Å². The number of esters is 4. The molecule has 0 unspecified atom stereocenters. The van der Waals surface area contributed by atoms with Crippen LogP contribution in [0.3, 0.4) is 0 Å². The number of rotatable bonds is 16. The standard InChI is InChI=1S/C60H86N10O12/c1-35(2)23-47-57(75)79-39(9)53(71)65(11)50(26-38(7)8)60(78)82-52(28-42-17-21-44(22-18-42)32-70-34-46(62)30-64-70)56(74)68(14)48(24-36(3)4)58(76)80-40(10)54(72)66(12)49(25-37(5)6)59(77)81-51(55(73)67(47)13)27-41-15-19-43(20-16-41)31-69-33-45(61)29-63-69/h15-22,29-30,33-40,47-52H,23-28,31-32,61-62H2,1-14H3/t39-,40-,47+,48+,49+,50+,51-,52-/m1/s1. The summed E-state index contributed by atoms with van der Waals surface area (Å²) in [5.41, 5.74) is 15.7. The van der Waals surface area contributed by atoms with Crippen LogP contribution in [0.25, 0.3) is 0 Å². The summed E-state index contributed by atoms with van der Waals surface area (Å²) in [5, 5.41) is 8.50. The van der Waals surface area contributed by atoms with E-state index in [4.69, 9.17) is 30.4 Å². The highest BCUT2D eigenvalue weighted by molar-refractivity contribution is 5.94.